The molecular formula is C23H22O6. The van der Waals surface area contributed by atoms with Gasteiger partial charge in [-0.25, -0.2) is 4.79 Å². The van der Waals surface area contributed by atoms with E-state index in [4.69, 9.17) is 18.6 Å². The molecule has 3 rings (SSSR count). The van der Waals surface area contributed by atoms with Crippen LogP contribution in [0.4, 0.5) is 0 Å². The number of benzene rings is 2. The van der Waals surface area contributed by atoms with Crippen molar-refractivity contribution >= 4 is 5.97 Å². The van der Waals surface area contributed by atoms with Crippen molar-refractivity contribution in [2.75, 3.05) is 6.61 Å². The molecule has 0 atom stereocenters. The molecule has 150 valence electrons. The minimum Gasteiger partial charge on any atom is -0.482 e. The largest absolute Gasteiger partial charge is 0.482 e. The highest BCUT2D eigenvalue weighted by atomic mass is 16.6. The van der Waals surface area contributed by atoms with Crippen LogP contribution in [0, 0.1) is 0 Å². The fourth-order valence-electron chi connectivity index (χ4n) is 2.51. The number of hydrogen-bond donors (Lipinski definition) is 0. The third kappa shape index (κ3) is 6.24. The van der Waals surface area contributed by atoms with Gasteiger partial charge in [0.1, 0.15) is 31.0 Å². The van der Waals surface area contributed by atoms with E-state index in [9.17, 15) is 9.59 Å². The van der Waals surface area contributed by atoms with Gasteiger partial charge in [-0.3, -0.25) is 4.79 Å². The summed E-state index contributed by atoms with van der Waals surface area (Å²) >= 11 is 0. The second-order valence-electron chi connectivity index (χ2n) is 6.30. The van der Waals surface area contributed by atoms with Crippen molar-refractivity contribution < 1.29 is 23.4 Å². The van der Waals surface area contributed by atoms with E-state index >= 15 is 0 Å². The highest BCUT2D eigenvalue weighted by Gasteiger charge is 2.09. The molecule has 0 radical (unpaired) electrons. The highest BCUT2D eigenvalue weighted by molar-refractivity contribution is 5.71. The fraction of sp³-hybridized carbons (Fsp3) is 0.217. The van der Waals surface area contributed by atoms with Crippen LogP contribution in [0.1, 0.15) is 23.8 Å². The smallest absolute Gasteiger partial charge is 0.344 e. The van der Waals surface area contributed by atoms with Gasteiger partial charge in [0.05, 0.1) is 0 Å². The first-order valence-electron chi connectivity index (χ1n) is 9.30. The molecule has 0 amide bonds. The molecule has 0 aliphatic carbocycles. The Balaban J connectivity index is 1.45. The minimum atomic E-state index is -0.559. The topological polar surface area (TPSA) is 75.0 Å². The van der Waals surface area contributed by atoms with Crippen molar-refractivity contribution in [3.8, 4) is 11.5 Å². The lowest BCUT2D eigenvalue weighted by Crippen LogP contribution is -2.15. The van der Waals surface area contributed by atoms with Crippen molar-refractivity contribution in [1.29, 1.82) is 0 Å². The first-order chi connectivity index (χ1) is 14.1. The third-order valence-corrected chi connectivity index (χ3v) is 4.15. The number of ether oxygens (including phenoxy) is 3. The Bertz CT molecular complexity index is 976. The summed E-state index contributed by atoms with van der Waals surface area (Å²) in [6.07, 6.45) is 2.16. The zero-order valence-electron chi connectivity index (χ0n) is 16.1. The second-order valence-corrected chi connectivity index (χ2v) is 6.30. The minimum absolute atomic E-state index is 0.0998. The van der Waals surface area contributed by atoms with Gasteiger partial charge in [0.25, 0.3) is 0 Å². The normalized spacial score (nSPS) is 10.4. The number of esters is 1. The van der Waals surface area contributed by atoms with E-state index in [-0.39, 0.29) is 36.8 Å². The lowest BCUT2D eigenvalue weighted by Gasteiger charge is -2.08. The van der Waals surface area contributed by atoms with Crippen molar-refractivity contribution in [2.45, 2.75) is 26.6 Å². The molecule has 6 heteroatoms. The molecule has 0 bridgehead atoms. The predicted octanol–water partition coefficient (Wildman–Crippen LogP) is 3.90. The number of hydrogen-bond acceptors (Lipinski definition) is 6. The molecule has 1 aromatic heterocycles. The van der Waals surface area contributed by atoms with Gasteiger partial charge < -0.3 is 18.6 Å². The maximum atomic E-state index is 12.1. The van der Waals surface area contributed by atoms with E-state index < -0.39 is 5.97 Å². The molecule has 0 saturated heterocycles. The van der Waals surface area contributed by atoms with Crippen molar-refractivity contribution in [1.82, 2.24) is 0 Å². The van der Waals surface area contributed by atoms with Crippen LogP contribution in [-0.4, -0.2) is 12.6 Å². The predicted molar refractivity (Wildman–Crippen MR) is 107 cm³/mol. The molecule has 6 nitrogen and oxygen atoms in total. The second kappa shape index (κ2) is 10.1. The Morgan fingerprint density at radius 2 is 1.69 bits per heavy atom. The highest BCUT2D eigenvalue weighted by Crippen LogP contribution is 2.13. The lowest BCUT2D eigenvalue weighted by atomic mass is 10.2. The monoisotopic (exact) mass is 394 g/mol. The van der Waals surface area contributed by atoms with Crippen LogP contribution >= 0.6 is 0 Å². The van der Waals surface area contributed by atoms with E-state index in [1.165, 1.54) is 17.9 Å². The van der Waals surface area contributed by atoms with Gasteiger partial charge in [-0.15, -0.1) is 0 Å². The van der Waals surface area contributed by atoms with Crippen LogP contribution < -0.4 is 14.9 Å². The molecule has 0 N–H and O–H groups in total. The third-order valence-electron chi connectivity index (χ3n) is 4.15. The van der Waals surface area contributed by atoms with Crippen molar-refractivity contribution in [2.24, 2.45) is 0 Å². The molecule has 1 heterocycles. The Kier molecular flexibility index (Phi) is 7.05. The van der Waals surface area contributed by atoms with Crippen LogP contribution in [0.3, 0.4) is 0 Å². The number of aryl methyl sites for hydroxylation is 1. The molecule has 2 aromatic carbocycles. The van der Waals surface area contributed by atoms with E-state index in [1.807, 2.05) is 42.5 Å². The van der Waals surface area contributed by atoms with E-state index in [2.05, 4.69) is 6.92 Å². The number of rotatable bonds is 9. The summed E-state index contributed by atoms with van der Waals surface area (Å²) in [5, 5.41) is 0. The number of carbonyl (C=O) groups excluding carboxylic acids is 1. The number of carbonyl (C=O) groups is 1. The molecule has 0 fully saturated rings. The maximum absolute atomic E-state index is 12.1. The molecule has 29 heavy (non-hydrogen) atoms. The first-order valence-corrected chi connectivity index (χ1v) is 9.30. The zero-order valence-corrected chi connectivity index (χ0v) is 16.1. The average Bonchev–Trinajstić information content (AvgIpc) is 2.76. The summed E-state index contributed by atoms with van der Waals surface area (Å²) in [6, 6.07) is 18.2. The molecule has 3 aromatic rings. The molecule has 0 aliphatic rings. The zero-order chi connectivity index (χ0) is 20.5. The van der Waals surface area contributed by atoms with Crippen LogP contribution in [0.15, 0.2) is 76.1 Å². The summed E-state index contributed by atoms with van der Waals surface area (Å²) in [6.45, 7) is 1.93. The Hall–Kier alpha value is -3.54. The van der Waals surface area contributed by atoms with Crippen LogP contribution in [0.25, 0.3) is 0 Å². The van der Waals surface area contributed by atoms with Crippen molar-refractivity contribution in [3.63, 3.8) is 0 Å². The lowest BCUT2D eigenvalue weighted by molar-refractivity contribution is -0.147. The van der Waals surface area contributed by atoms with Gasteiger partial charge in [0.2, 0.25) is 11.2 Å². The van der Waals surface area contributed by atoms with Gasteiger partial charge in [0, 0.05) is 6.07 Å². The summed E-state index contributed by atoms with van der Waals surface area (Å²) in [7, 11) is 0. The van der Waals surface area contributed by atoms with Gasteiger partial charge in [0.15, 0.2) is 6.61 Å². The molecular weight excluding hydrogens is 372 g/mol. The molecule has 0 aliphatic heterocycles. The SMILES string of the molecule is CCc1ccc(OCC(=O)OCc2cc(=O)c(OCc3ccccc3)co2)cc1. The van der Waals surface area contributed by atoms with E-state index in [0.29, 0.717) is 5.75 Å². The average molecular weight is 394 g/mol. The van der Waals surface area contributed by atoms with E-state index in [1.54, 1.807) is 12.1 Å². The standard InChI is InChI=1S/C23H22O6/c1-2-17-8-10-19(11-9-17)27-16-23(25)29-14-20-12-21(24)22(15-26-20)28-13-18-6-4-3-5-7-18/h3-12,15H,2,13-14,16H2,1H3. The quantitative estimate of drug-likeness (QED) is 0.513. The summed E-state index contributed by atoms with van der Waals surface area (Å²) in [5.41, 5.74) is 1.78. The van der Waals surface area contributed by atoms with Crippen LogP contribution in [0.2, 0.25) is 0 Å². The van der Waals surface area contributed by atoms with Crippen LogP contribution in [-0.2, 0) is 29.2 Å². The first kappa shape index (κ1) is 20.2. The Morgan fingerprint density at radius 1 is 0.931 bits per heavy atom. The van der Waals surface area contributed by atoms with Gasteiger partial charge in [-0.05, 0) is 29.7 Å². The summed E-state index contributed by atoms with van der Waals surface area (Å²) in [5.74, 6) is 0.354. The molecule has 0 unspecified atom stereocenters. The van der Waals surface area contributed by atoms with Crippen molar-refractivity contribution in [3.05, 3.63) is 94.0 Å². The van der Waals surface area contributed by atoms with Crippen LogP contribution in [0.5, 0.6) is 11.5 Å². The Morgan fingerprint density at radius 3 is 2.38 bits per heavy atom. The van der Waals surface area contributed by atoms with Gasteiger partial charge in [-0.1, -0.05) is 49.4 Å². The Labute approximate surface area is 168 Å². The molecule has 0 saturated carbocycles. The summed E-state index contributed by atoms with van der Waals surface area (Å²) in [4.78, 5) is 24.0. The van der Waals surface area contributed by atoms with Gasteiger partial charge in [-0.2, -0.15) is 0 Å². The molecule has 0 spiro atoms. The van der Waals surface area contributed by atoms with E-state index in [0.717, 1.165) is 12.0 Å². The fourth-order valence-corrected chi connectivity index (χ4v) is 2.51. The van der Waals surface area contributed by atoms with Gasteiger partial charge >= 0.3 is 5.97 Å². The maximum Gasteiger partial charge on any atom is 0.344 e. The summed E-state index contributed by atoms with van der Waals surface area (Å²) < 4.78 is 21.3.